The van der Waals surface area contributed by atoms with Crippen LogP contribution >= 0.6 is 0 Å². The molecule has 2 rings (SSSR count). The molecular formula is C14H15NO5. The largest absolute Gasteiger partial charge is 0.480 e. The number of ether oxygens (including phenoxy) is 1. The lowest BCUT2D eigenvalue weighted by Gasteiger charge is -2.31. The van der Waals surface area contributed by atoms with Crippen molar-refractivity contribution >= 4 is 17.8 Å². The third kappa shape index (κ3) is 3.34. The summed E-state index contributed by atoms with van der Waals surface area (Å²) in [5, 5.41) is 9.07. The van der Waals surface area contributed by atoms with Crippen molar-refractivity contribution in [3.8, 4) is 0 Å². The molecule has 0 aromatic heterocycles. The standard InChI is InChI=1S/C14H15NO5/c16-11-6-7-12(13(17)18)15(8-11)14(19)20-9-10-4-2-1-3-5-10/h1-5,12H,6-9H2,(H,17,18)/t12-/m1/s1. The van der Waals surface area contributed by atoms with Crippen molar-refractivity contribution < 1.29 is 24.2 Å². The molecule has 0 aliphatic carbocycles. The summed E-state index contributed by atoms with van der Waals surface area (Å²) >= 11 is 0. The molecule has 1 atom stereocenters. The highest BCUT2D eigenvalue weighted by molar-refractivity contribution is 5.89. The molecule has 1 amide bonds. The van der Waals surface area contributed by atoms with Crippen molar-refractivity contribution in [3.63, 3.8) is 0 Å². The highest BCUT2D eigenvalue weighted by Gasteiger charge is 2.36. The molecule has 0 bridgehead atoms. The topological polar surface area (TPSA) is 83.9 Å². The molecule has 0 unspecified atom stereocenters. The number of hydrogen-bond donors (Lipinski definition) is 1. The highest BCUT2D eigenvalue weighted by atomic mass is 16.6. The Labute approximate surface area is 115 Å². The van der Waals surface area contributed by atoms with Crippen LogP contribution in [0.2, 0.25) is 0 Å². The second-order valence-electron chi connectivity index (χ2n) is 4.60. The number of carboxylic acid groups (broad SMARTS) is 1. The van der Waals surface area contributed by atoms with Crippen molar-refractivity contribution in [1.29, 1.82) is 0 Å². The van der Waals surface area contributed by atoms with Crippen LogP contribution in [0.1, 0.15) is 18.4 Å². The SMILES string of the molecule is O=C1CC[C@H](C(=O)O)N(C(=O)OCc2ccccc2)C1. The summed E-state index contributed by atoms with van der Waals surface area (Å²) in [6.45, 7) is -0.151. The first-order valence-corrected chi connectivity index (χ1v) is 6.30. The third-order valence-corrected chi connectivity index (χ3v) is 3.14. The monoisotopic (exact) mass is 277 g/mol. The van der Waals surface area contributed by atoms with E-state index in [0.29, 0.717) is 0 Å². The van der Waals surface area contributed by atoms with Gasteiger partial charge in [0.05, 0.1) is 6.54 Å². The third-order valence-electron chi connectivity index (χ3n) is 3.14. The van der Waals surface area contributed by atoms with Gasteiger partial charge in [-0.05, 0) is 12.0 Å². The number of Topliss-reactive ketones (excluding diaryl/α,β-unsaturated/α-hetero) is 1. The number of aliphatic carboxylic acids is 1. The van der Waals surface area contributed by atoms with E-state index in [1.165, 1.54) is 0 Å². The van der Waals surface area contributed by atoms with E-state index in [-0.39, 0.29) is 31.8 Å². The number of carbonyl (C=O) groups excluding carboxylic acids is 2. The Bertz CT molecular complexity index is 514. The second-order valence-corrected chi connectivity index (χ2v) is 4.60. The Morgan fingerprint density at radius 1 is 1.30 bits per heavy atom. The highest BCUT2D eigenvalue weighted by Crippen LogP contribution is 2.17. The summed E-state index contributed by atoms with van der Waals surface area (Å²) in [5.74, 6) is -1.27. The maximum Gasteiger partial charge on any atom is 0.411 e. The van der Waals surface area contributed by atoms with Crippen LogP contribution in [0.4, 0.5) is 4.79 Å². The summed E-state index contributed by atoms with van der Waals surface area (Å²) in [5.41, 5.74) is 0.802. The summed E-state index contributed by atoms with van der Waals surface area (Å²) in [4.78, 5) is 35.4. The molecule has 1 aliphatic heterocycles. The fraction of sp³-hybridized carbons (Fsp3) is 0.357. The Kier molecular flexibility index (Phi) is 4.34. The van der Waals surface area contributed by atoms with E-state index in [0.717, 1.165) is 10.5 Å². The molecule has 1 aromatic rings. The van der Waals surface area contributed by atoms with Gasteiger partial charge in [-0.3, -0.25) is 9.69 Å². The summed E-state index contributed by atoms with van der Waals surface area (Å²) in [6, 6.07) is 8.07. The van der Waals surface area contributed by atoms with Crippen molar-refractivity contribution in [2.75, 3.05) is 6.54 Å². The van der Waals surface area contributed by atoms with Gasteiger partial charge in [-0.1, -0.05) is 30.3 Å². The quantitative estimate of drug-likeness (QED) is 0.903. The number of likely N-dealkylation sites (tertiary alicyclic amines) is 1. The molecule has 1 N–H and O–H groups in total. The molecule has 1 fully saturated rings. The zero-order valence-electron chi connectivity index (χ0n) is 10.8. The minimum absolute atomic E-state index is 0.0523. The van der Waals surface area contributed by atoms with E-state index >= 15 is 0 Å². The molecule has 0 spiro atoms. The Morgan fingerprint density at radius 3 is 2.65 bits per heavy atom. The number of amides is 1. The summed E-state index contributed by atoms with van der Waals surface area (Å²) < 4.78 is 5.07. The molecule has 1 heterocycles. The van der Waals surface area contributed by atoms with Crippen LogP contribution < -0.4 is 0 Å². The molecule has 0 radical (unpaired) electrons. The number of hydrogen-bond acceptors (Lipinski definition) is 4. The number of carboxylic acids is 1. The Hall–Kier alpha value is -2.37. The fourth-order valence-electron chi connectivity index (χ4n) is 2.08. The van der Waals surface area contributed by atoms with E-state index in [4.69, 9.17) is 9.84 Å². The lowest BCUT2D eigenvalue weighted by atomic mass is 10.0. The van der Waals surface area contributed by atoms with E-state index in [9.17, 15) is 14.4 Å². The molecule has 6 heteroatoms. The van der Waals surface area contributed by atoms with Gasteiger partial charge < -0.3 is 9.84 Å². The van der Waals surface area contributed by atoms with Crippen LogP contribution in [-0.2, 0) is 20.9 Å². The van der Waals surface area contributed by atoms with Crippen LogP contribution in [0.25, 0.3) is 0 Å². The number of nitrogens with zero attached hydrogens (tertiary/aromatic N) is 1. The Balaban J connectivity index is 1.98. The Morgan fingerprint density at radius 2 is 2.00 bits per heavy atom. The number of benzene rings is 1. The minimum Gasteiger partial charge on any atom is -0.480 e. The lowest BCUT2D eigenvalue weighted by Crippen LogP contribution is -2.51. The van der Waals surface area contributed by atoms with Gasteiger partial charge in [-0.2, -0.15) is 0 Å². The van der Waals surface area contributed by atoms with E-state index < -0.39 is 18.1 Å². The van der Waals surface area contributed by atoms with Gasteiger partial charge in [0.2, 0.25) is 0 Å². The van der Waals surface area contributed by atoms with E-state index in [1.54, 1.807) is 12.1 Å². The average Bonchev–Trinajstić information content (AvgIpc) is 2.45. The van der Waals surface area contributed by atoms with Crippen LogP contribution in [0.5, 0.6) is 0 Å². The number of ketones is 1. The van der Waals surface area contributed by atoms with Crippen molar-refractivity contribution in [3.05, 3.63) is 35.9 Å². The van der Waals surface area contributed by atoms with Crippen LogP contribution in [0, 0.1) is 0 Å². The van der Waals surface area contributed by atoms with Gasteiger partial charge in [-0.15, -0.1) is 0 Å². The smallest absolute Gasteiger partial charge is 0.411 e. The zero-order valence-corrected chi connectivity index (χ0v) is 10.8. The minimum atomic E-state index is -1.12. The van der Waals surface area contributed by atoms with Gasteiger partial charge >= 0.3 is 12.1 Å². The molecule has 1 aliphatic rings. The van der Waals surface area contributed by atoms with Crippen molar-refractivity contribution in [2.24, 2.45) is 0 Å². The molecule has 106 valence electrons. The lowest BCUT2D eigenvalue weighted by molar-refractivity contribution is -0.145. The number of piperidine rings is 1. The molecule has 6 nitrogen and oxygen atoms in total. The number of rotatable bonds is 3. The molecule has 1 saturated heterocycles. The number of carbonyl (C=O) groups is 3. The maximum absolute atomic E-state index is 11.9. The van der Waals surface area contributed by atoms with Gasteiger partial charge in [-0.25, -0.2) is 9.59 Å². The molecule has 0 saturated carbocycles. The first-order chi connectivity index (χ1) is 9.58. The first-order valence-electron chi connectivity index (χ1n) is 6.30. The van der Waals surface area contributed by atoms with E-state index in [1.807, 2.05) is 18.2 Å². The fourth-order valence-corrected chi connectivity index (χ4v) is 2.08. The van der Waals surface area contributed by atoms with Gasteiger partial charge in [0, 0.05) is 6.42 Å². The van der Waals surface area contributed by atoms with Gasteiger partial charge in [0.25, 0.3) is 0 Å². The summed E-state index contributed by atoms with van der Waals surface area (Å²) in [7, 11) is 0. The predicted molar refractivity (Wildman–Crippen MR) is 69.0 cm³/mol. The molecular weight excluding hydrogens is 262 g/mol. The predicted octanol–water partition coefficient (Wildman–Crippen LogP) is 1.44. The van der Waals surface area contributed by atoms with Gasteiger partial charge in [0.15, 0.2) is 5.78 Å². The average molecular weight is 277 g/mol. The zero-order chi connectivity index (χ0) is 14.5. The maximum atomic E-state index is 11.9. The molecule has 20 heavy (non-hydrogen) atoms. The second kappa shape index (κ2) is 6.18. The van der Waals surface area contributed by atoms with Crippen molar-refractivity contribution in [2.45, 2.75) is 25.5 Å². The van der Waals surface area contributed by atoms with Crippen LogP contribution in [0.3, 0.4) is 0 Å². The van der Waals surface area contributed by atoms with Crippen LogP contribution in [-0.4, -0.2) is 40.4 Å². The van der Waals surface area contributed by atoms with Crippen LogP contribution in [0.15, 0.2) is 30.3 Å². The molecule has 1 aromatic carbocycles. The summed E-state index contributed by atoms with van der Waals surface area (Å²) in [6.07, 6.45) is -0.456. The van der Waals surface area contributed by atoms with Gasteiger partial charge in [0.1, 0.15) is 12.6 Å². The van der Waals surface area contributed by atoms with E-state index in [2.05, 4.69) is 0 Å². The normalized spacial score (nSPS) is 18.7. The van der Waals surface area contributed by atoms with Crippen molar-refractivity contribution in [1.82, 2.24) is 4.90 Å². The first kappa shape index (κ1) is 14.0.